The third-order valence-corrected chi connectivity index (χ3v) is 8.30. The van der Waals surface area contributed by atoms with Gasteiger partial charge in [0.05, 0.1) is 11.6 Å². The van der Waals surface area contributed by atoms with E-state index in [0.29, 0.717) is 5.56 Å². The van der Waals surface area contributed by atoms with Crippen molar-refractivity contribution in [2.45, 2.75) is 19.4 Å². The molecule has 0 unspecified atom stereocenters. The van der Waals surface area contributed by atoms with E-state index in [9.17, 15) is 14.7 Å². The minimum atomic E-state index is -0.972. The molecule has 0 spiro atoms. The first-order valence-corrected chi connectivity index (χ1v) is 14.1. The van der Waals surface area contributed by atoms with E-state index in [-0.39, 0.29) is 17.5 Å². The summed E-state index contributed by atoms with van der Waals surface area (Å²) in [5, 5.41) is 17.9. The largest absolute Gasteiger partial charge is 0.478 e. The van der Waals surface area contributed by atoms with Gasteiger partial charge in [0.15, 0.2) is 0 Å². The summed E-state index contributed by atoms with van der Waals surface area (Å²) >= 11 is 1.66. The molecule has 1 heterocycles. The smallest absolute Gasteiger partial charge is 0.335 e. The molecule has 0 aliphatic carbocycles. The fourth-order valence-electron chi connectivity index (χ4n) is 5.18. The number of rotatable bonds is 7. The third-order valence-electron chi connectivity index (χ3n) is 7.32. The van der Waals surface area contributed by atoms with E-state index in [1.807, 2.05) is 37.3 Å². The van der Waals surface area contributed by atoms with Crippen LogP contribution in [0.2, 0.25) is 0 Å². The second kappa shape index (κ2) is 10.8. The predicted molar refractivity (Wildman–Crippen MR) is 163 cm³/mol. The second-order valence-corrected chi connectivity index (χ2v) is 10.9. The number of fused-ring (bicyclic) bond motifs is 2. The molecule has 40 heavy (non-hydrogen) atoms. The summed E-state index contributed by atoms with van der Waals surface area (Å²) in [6, 6.07) is 35.5. The highest BCUT2D eigenvalue weighted by molar-refractivity contribution is 7.17. The molecule has 0 saturated carbocycles. The number of benzene rings is 5. The quantitative estimate of drug-likeness (QED) is 0.213. The number of hydrogen-bond acceptors (Lipinski definition) is 3. The normalized spacial score (nSPS) is 11.9. The maximum atomic E-state index is 13.9. The van der Waals surface area contributed by atoms with Gasteiger partial charge in [-0.1, -0.05) is 84.9 Å². The molecule has 1 amide bonds. The van der Waals surface area contributed by atoms with Gasteiger partial charge in [0, 0.05) is 15.6 Å². The maximum Gasteiger partial charge on any atom is 0.335 e. The van der Waals surface area contributed by atoms with Crippen molar-refractivity contribution >= 4 is 44.1 Å². The van der Waals surface area contributed by atoms with Crippen LogP contribution in [0.4, 0.5) is 0 Å². The van der Waals surface area contributed by atoms with Crippen LogP contribution in [0.5, 0.6) is 0 Å². The van der Waals surface area contributed by atoms with E-state index in [1.54, 1.807) is 35.6 Å². The highest BCUT2D eigenvalue weighted by Crippen LogP contribution is 2.36. The Balaban J connectivity index is 1.39. The van der Waals surface area contributed by atoms with E-state index in [0.717, 1.165) is 38.8 Å². The molecule has 5 heteroatoms. The van der Waals surface area contributed by atoms with Crippen LogP contribution in [0.25, 0.3) is 32.0 Å². The Morgan fingerprint density at radius 3 is 2.27 bits per heavy atom. The van der Waals surface area contributed by atoms with Gasteiger partial charge in [-0.2, -0.15) is 0 Å². The van der Waals surface area contributed by atoms with E-state index in [1.165, 1.54) is 16.3 Å². The summed E-state index contributed by atoms with van der Waals surface area (Å²) in [5.41, 5.74) is 6.08. The van der Waals surface area contributed by atoms with Crippen LogP contribution in [0.3, 0.4) is 0 Å². The number of amides is 1. The molecule has 0 saturated heterocycles. The molecule has 1 aromatic heterocycles. The van der Waals surface area contributed by atoms with Crippen LogP contribution in [0, 0.1) is 0 Å². The average Bonchev–Trinajstić information content (AvgIpc) is 3.39. The lowest BCUT2D eigenvalue weighted by Gasteiger charge is -2.17. The minimum absolute atomic E-state index is 0.157. The molecule has 4 nitrogen and oxygen atoms in total. The zero-order valence-corrected chi connectivity index (χ0v) is 22.7. The monoisotopic (exact) mass is 541 g/mol. The molecular formula is C35H27NO3S. The van der Waals surface area contributed by atoms with Crippen molar-refractivity contribution in [2.24, 2.45) is 0 Å². The summed E-state index contributed by atoms with van der Waals surface area (Å²) < 4.78 is 1.07. The number of thiophene rings is 1. The molecule has 0 fully saturated rings. The zero-order chi connectivity index (χ0) is 27.6. The Hall–Kier alpha value is -4.74. The Bertz CT molecular complexity index is 1860. The van der Waals surface area contributed by atoms with Gasteiger partial charge in [0.1, 0.15) is 0 Å². The third kappa shape index (κ3) is 5.12. The van der Waals surface area contributed by atoms with Crippen LogP contribution in [0.15, 0.2) is 115 Å². The summed E-state index contributed by atoms with van der Waals surface area (Å²) in [6.07, 6.45) is 0.724. The SMILES string of the molecule is C[C@H](NC(=O)c1cc(-c2ccccc2)cc2scc(Cc3ccc4ccccc4c3)c12)c1ccc(C(=O)O)cc1. The van der Waals surface area contributed by atoms with Crippen LogP contribution < -0.4 is 5.32 Å². The molecule has 6 aromatic rings. The lowest BCUT2D eigenvalue weighted by atomic mass is 9.95. The van der Waals surface area contributed by atoms with Crippen molar-refractivity contribution in [3.8, 4) is 11.1 Å². The van der Waals surface area contributed by atoms with E-state index >= 15 is 0 Å². The molecule has 2 N–H and O–H groups in total. The summed E-state index contributed by atoms with van der Waals surface area (Å²) in [5.74, 6) is -1.13. The van der Waals surface area contributed by atoms with E-state index < -0.39 is 5.97 Å². The average molecular weight is 542 g/mol. The van der Waals surface area contributed by atoms with Gasteiger partial charge in [0.25, 0.3) is 5.91 Å². The number of carbonyl (C=O) groups excluding carboxylic acids is 1. The predicted octanol–water partition coefficient (Wildman–Crippen LogP) is 8.50. The van der Waals surface area contributed by atoms with Crippen molar-refractivity contribution in [3.05, 3.63) is 142 Å². The first-order valence-electron chi connectivity index (χ1n) is 13.2. The van der Waals surface area contributed by atoms with Crippen LogP contribution >= 0.6 is 11.3 Å². The fourth-order valence-corrected chi connectivity index (χ4v) is 6.20. The molecular weight excluding hydrogens is 514 g/mol. The fraction of sp³-hybridized carbons (Fsp3) is 0.0857. The lowest BCUT2D eigenvalue weighted by molar-refractivity contribution is 0.0696. The van der Waals surface area contributed by atoms with Gasteiger partial charge in [-0.05, 0) is 81.6 Å². The number of aromatic carboxylic acids is 1. The number of hydrogen-bond donors (Lipinski definition) is 2. The summed E-state index contributed by atoms with van der Waals surface area (Å²) in [7, 11) is 0. The highest BCUT2D eigenvalue weighted by atomic mass is 32.1. The molecule has 1 atom stereocenters. The maximum absolute atomic E-state index is 13.9. The lowest BCUT2D eigenvalue weighted by Crippen LogP contribution is -2.27. The summed E-state index contributed by atoms with van der Waals surface area (Å²) in [6.45, 7) is 1.91. The van der Waals surface area contributed by atoms with Gasteiger partial charge in [-0.3, -0.25) is 4.79 Å². The van der Waals surface area contributed by atoms with Gasteiger partial charge in [0.2, 0.25) is 0 Å². The first-order chi connectivity index (χ1) is 19.5. The van der Waals surface area contributed by atoms with Crippen molar-refractivity contribution in [3.63, 3.8) is 0 Å². The van der Waals surface area contributed by atoms with Gasteiger partial charge in [-0.25, -0.2) is 4.79 Å². The van der Waals surface area contributed by atoms with Crippen molar-refractivity contribution in [1.82, 2.24) is 5.32 Å². The van der Waals surface area contributed by atoms with E-state index in [2.05, 4.69) is 65.3 Å². The molecule has 6 rings (SSSR count). The second-order valence-electron chi connectivity index (χ2n) is 10.0. The summed E-state index contributed by atoms with van der Waals surface area (Å²) in [4.78, 5) is 25.1. The Morgan fingerprint density at radius 1 is 0.800 bits per heavy atom. The molecule has 0 aliphatic heterocycles. The molecule has 0 radical (unpaired) electrons. The molecule has 5 aromatic carbocycles. The number of carboxylic acids is 1. The molecule has 0 bridgehead atoms. The highest BCUT2D eigenvalue weighted by Gasteiger charge is 2.20. The number of carboxylic acid groups (broad SMARTS) is 1. The van der Waals surface area contributed by atoms with E-state index in [4.69, 9.17) is 0 Å². The standard InChI is InChI=1S/C35H27NO3S/c1-22(24-13-15-27(16-14-24)35(38)39)36-34(37)31-19-29(25-7-3-2-4-8-25)20-32-33(31)30(21-40-32)18-23-11-12-26-9-5-6-10-28(26)17-23/h2-17,19-22H,18H2,1H3,(H,36,37)(H,38,39)/t22-/m0/s1. The zero-order valence-electron chi connectivity index (χ0n) is 21.9. The topological polar surface area (TPSA) is 66.4 Å². The molecule has 196 valence electrons. The first kappa shape index (κ1) is 25.5. The Morgan fingerprint density at radius 2 is 1.52 bits per heavy atom. The van der Waals surface area contributed by atoms with Gasteiger partial charge >= 0.3 is 5.97 Å². The molecule has 0 aliphatic rings. The van der Waals surface area contributed by atoms with Gasteiger partial charge in [-0.15, -0.1) is 11.3 Å². The van der Waals surface area contributed by atoms with Crippen LogP contribution in [0.1, 0.15) is 50.4 Å². The minimum Gasteiger partial charge on any atom is -0.478 e. The van der Waals surface area contributed by atoms with Crippen molar-refractivity contribution in [2.75, 3.05) is 0 Å². The number of nitrogens with one attached hydrogen (secondary N) is 1. The van der Waals surface area contributed by atoms with Crippen LogP contribution in [-0.4, -0.2) is 17.0 Å². The van der Waals surface area contributed by atoms with Crippen molar-refractivity contribution < 1.29 is 14.7 Å². The number of carbonyl (C=O) groups is 2. The Labute approximate surface area is 236 Å². The Kier molecular flexibility index (Phi) is 6.89. The van der Waals surface area contributed by atoms with Gasteiger partial charge < -0.3 is 10.4 Å². The van der Waals surface area contributed by atoms with Crippen LogP contribution in [-0.2, 0) is 6.42 Å². The van der Waals surface area contributed by atoms with Crippen molar-refractivity contribution in [1.29, 1.82) is 0 Å².